The number of nitrogens with zero attached hydrogens (tertiary/aromatic N) is 4. The molecule has 2 aromatic heterocycles. The lowest BCUT2D eigenvalue weighted by Crippen LogP contribution is -2.20. The van der Waals surface area contributed by atoms with Gasteiger partial charge in [0, 0.05) is 0 Å². The third-order valence-corrected chi connectivity index (χ3v) is 3.76. The molecule has 1 aliphatic carbocycles. The molecule has 100 valence electrons. The van der Waals surface area contributed by atoms with Crippen LogP contribution in [-0.2, 0) is 0 Å². The number of anilines is 1. The van der Waals surface area contributed by atoms with Crippen molar-refractivity contribution in [3.63, 3.8) is 0 Å². The molecule has 7 heteroatoms. The van der Waals surface area contributed by atoms with Crippen LogP contribution in [0, 0.1) is 0 Å². The van der Waals surface area contributed by atoms with E-state index in [-0.39, 0.29) is 12.6 Å². The van der Waals surface area contributed by atoms with Crippen LogP contribution in [0.3, 0.4) is 0 Å². The van der Waals surface area contributed by atoms with Gasteiger partial charge in [-0.1, -0.05) is 0 Å². The average Bonchev–Trinajstić information content (AvgIpc) is 2.94. The van der Waals surface area contributed by atoms with E-state index in [0.29, 0.717) is 23.4 Å². The van der Waals surface area contributed by atoms with E-state index in [1.54, 1.807) is 10.9 Å². The molecule has 0 aromatic carbocycles. The van der Waals surface area contributed by atoms with Crippen molar-refractivity contribution >= 4 is 17.0 Å². The number of nitrogens with two attached hydrogens (primary N) is 1. The second-order valence-corrected chi connectivity index (χ2v) is 4.74. The maximum Gasteiger partial charge on any atom is 0.165 e. The van der Waals surface area contributed by atoms with Crippen LogP contribution in [0.4, 0.5) is 5.82 Å². The van der Waals surface area contributed by atoms with Crippen molar-refractivity contribution in [1.82, 2.24) is 19.5 Å². The second kappa shape index (κ2) is 4.29. The van der Waals surface area contributed by atoms with Crippen LogP contribution in [-0.4, -0.2) is 42.4 Å². The Morgan fingerprint density at radius 2 is 2.21 bits per heavy atom. The standard InChI is InChI=1S/C12H15N5O2/c1-6-7(3-18)2-8(10(6)19)17-5-16-9-11(13)14-4-15-12(9)17/h4-5,8,10,18-19H,2-3H2,1H3,(H2,13,14,15)/t8-,10+/m0/s1. The lowest BCUT2D eigenvalue weighted by molar-refractivity contribution is 0.160. The topological polar surface area (TPSA) is 110 Å². The maximum atomic E-state index is 10.3. The largest absolute Gasteiger partial charge is 0.392 e. The molecule has 2 atom stereocenters. The van der Waals surface area contributed by atoms with Gasteiger partial charge in [-0.3, -0.25) is 0 Å². The highest BCUT2D eigenvalue weighted by Gasteiger charge is 2.33. The monoisotopic (exact) mass is 261 g/mol. The summed E-state index contributed by atoms with van der Waals surface area (Å²) in [6.45, 7) is 1.79. The minimum atomic E-state index is -0.643. The first-order chi connectivity index (χ1) is 9.13. The van der Waals surface area contributed by atoms with Gasteiger partial charge in [0.25, 0.3) is 0 Å². The molecule has 3 rings (SSSR count). The Bertz CT molecular complexity index is 663. The molecule has 7 nitrogen and oxygen atoms in total. The SMILES string of the molecule is CC1=C(CO)C[C@H](n2cnc3c(N)ncnc32)[C@@H]1O. The van der Waals surface area contributed by atoms with E-state index in [1.807, 2.05) is 6.92 Å². The van der Waals surface area contributed by atoms with Crippen molar-refractivity contribution in [3.8, 4) is 0 Å². The summed E-state index contributed by atoms with van der Waals surface area (Å²) in [5, 5.41) is 19.6. The molecule has 2 aromatic rings. The zero-order chi connectivity index (χ0) is 13.6. The summed E-state index contributed by atoms with van der Waals surface area (Å²) in [6.07, 6.45) is 2.93. The zero-order valence-electron chi connectivity index (χ0n) is 10.5. The van der Waals surface area contributed by atoms with E-state index >= 15 is 0 Å². The van der Waals surface area contributed by atoms with E-state index in [0.717, 1.165) is 11.1 Å². The van der Waals surface area contributed by atoms with Gasteiger partial charge in [-0.15, -0.1) is 0 Å². The number of aliphatic hydroxyl groups excluding tert-OH is 2. The number of imidazole rings is 1. The molecular weight excluding hydrogens is 246 g/mol. The Morgan fingerprint density at radius 3 is 2.89 bits per heavy atom. The Kier molecular flexibility index (Phi) is 2.72. The number of aliphatic hydroxyl groups is 2. The van der Waals surface area contributed by atoms with Crippen LogP contribution >= 0.6 is 0 Å². The smallest absolute Gasteiger partial charge is 0.165 e. The summed E-state index contributed by atoms with van der Waals surface area (Å²) in [5.41, 5.74) is 8.55. The maximum absolute atomic E-state index is 10.3. The fourth-order valence-corrected chi connectivity index (χ4v) is 2.58. The molecule has 0 aliphatic heterocycles. The fraction of sp³-hybridized carbons (Fsp3) is 0.417. The number of fused-ring (bicyclic) bond motifs is 1. The quantitative estimate of drug-likeness (QED) is 0.657. The van der Waals surface area contributed by atoms with Crippen LogP contribution in [0.15, 0.2) is 23.8 Å². The molecule has 2 heterocycles. The Hall–Kier alpha value is -1.99. The lowest BCUT2D eigenvalue weighted by atomic mass is 10.1. The molecule has 0 spiro atoms. The van der Waals surface area contributed by atoms with Crippen molar-refractivity contribution in [3.05, 3.63) is 23.8 Å². The van der Waals surface area contributed by atoms with Crippen molar-refractivity contribution in [2.45, 2.75) is 25.5 Å². The summed E-state index contributed by atoms with van der Waals surface area (Å²) in [7, 11) is 0. The first-order valence-corrected chi connectivity index (χ1v) is 6.04. The predicted octanol–water partition coefficient (Wildman–Crippen LogP) is 0.0230. The minimum Gasteiger partial charge on any atom is -0.392 e. The van der Waals surface area contributed by atoms with Crippen LogP contribution in [0.5, 0.6) is 0 Å². The number of hydrogen-bond acceptors (Lipinski definition) is 6. The first-order valence-electron chi connectivity index (χ1n) is 6.04. The molecule has 0 bridgehead atoms. The average molecular weight is 261 g/mol. The molecule has 0 fully saturated rings. The molecular formula is C12H15N5O2. The Labute approximate surface area is 109 Å². The summed E-state index contributed by atoms with van der Waals surface area (Å²) >= 11 is 0. The van der Waals surface area contributed by atoms with Gasteiger partial charge in [0.05, 0.1) is 25.1 Å². The molecule has 0 amide bonds. The highest BCUT2D eigenvalue weighted by atomic mass is 16.3. The number of nitrogen functional groups attached to an aromatic ring is 1. The minimum absolute atomic E-state index is 0.0385. The predicted molar refractivity (Wildman–Crippen MR) is 69.2 cm³/mol. The molecule has 0 radical (unpaired) electrons. The van der Waals surface area contributed by atoms with Gasteiger partial charge in [0.2, 0.25) is 0 Å². The third-order valence-electron chi connectivity index (χ3n) is 3.76. The van der Waals surface area contributed by atoms with E-state index in [1.165, 1.54) is 6.33 Å². The molecule has 1 aliphatic rings. The number of rotatable bonds is 2. The summed E-state index contributed by atoms with van der Waals surface area (Å²) in [5.74, 6) is 0.322. The van der Waals surface area contributed by atoms with Crippen molar-refractivity contribution in [1.29, 1.82) is 0 Å². The fourth-order valence-electron chi connectivity index (χ4n) is 2.58. The lowest BCUT2D eigenvalue weighted by Gasteiger charge is -2.18. The summed E-state index contributed by atoms with van der Waals surface area (Å²) in [4.78, 5) is 12.3. The van der Waals surface area contributed by atoms with Gasteiger partial charge in [0.1, 0.15) is 11.8 Å². The Balaban J connectivity index is 2.06. The zero-order valence-corrected chi connectivity index (χ0v) is 10.5. The van der Waals surface area contributed by atoms with Gasteiger partial charge < -0.3 is 20.5 Å². The molecule has 0 saturated heterocycles. The van der Waals surface area contributed by atoms with Gasteiger partial charge in [0.15, 0.2) is 11.5 Å². The van der Waals surface area contributed by atoms with Crippen LogP contribution in [0.1, 0.15) is 19.4 Å². The summed E-state index contributed by atoms with van der Waals surface area (Å²) in [6, 6.07) is -0.207. The first kappa shape index (κ1) is 12.1. The van der Waals surface area contributed by atoms with E-state index in [2.05, 4.69) is 15.0 Å². The number of aromatic nitrogens is 4. The van der Waals surface area contributed by atoms with Crippen LogP contribution in [0.2, 0.25) is 0 Å². The van der Waals surface area contributed by atoms with Gasteiger partial charge >= 0.3 is 0 Å². The van der Waals surface area contributed by atoms with Gasteiger partial charge in [-0.2, -0.15) is 0 Å². The van der Waals surface area contributed by atoms with Crippen molar-refractivity contribution in [2.75, 3.05) is 12.3 Å². The van der Waals surface area contributed by atoms with E-state index < -0.39 is 6.10 Å². The van der Waals surface area contributed by atoms with Crippen LogP contribution < -0.4 is 5.73 Å². The summed E-state index contributed by atoms with van der Waals surface area (Å²) < 4.78 is 1.80. The second-order valence-electron chi connectivity index (χ2n) is 4.74. The van der Waals surface area contributed by atoms with Gasteiger partial charge in [-0.05, 0) is 24.5 Å². The highest BCUT2D eigenvalue weighted by molar-refractivity contribution is 5.81. The molecule has 0 unspecified atom stereocenters. The van der Waals surface area contributed by atoms with Crippen LogP contribution in [0.25, 0.3) is 11.2 Å². The van der Waals surface area contributed by atoms with Crippen molar-refractivity contribution < 1.29 is 10.2 Å². The van der Waals surface area contributed by atoms with E-state index in [4.69, 9.17) is 5.73 Å². The van der Waals surface area contributed by atoms with E-state index in [9.17, 15) is 10.2 Å². The molecule has 19 heavy (non-hydrogen) atoms. The highest BCUT2D eigenvalue weighted by Crippen LogP contribution is 2.36. The Morgan fingerprint density at radius 1 is 1.42 bits per heavy atom. The van der Waals surface area contributed by atoms with Crippen molar-refractivity contribution in [2.24, 2.45) is 0 Å². The molecule has 4 N–H and O–H groups in total. The van der Waals surface area contributed by atoms with Gasteiger partial charge in [-0.25, -0.2) is 15.0 Å². The normalized spacial score (nSPS) is 23.5. The molecule has 0 saturated carbocycles. The number of hydrogen-bond donors (Lipinski definition) is 3. The third kappa shape index (κ3) is 1.70.